The standard InChI is InChI=1S/C23H24BrN3O2S/c1-14-8-15(2)22(16(3)9-14)26-20(28)12-27(4)21(29)11-19-13-30-23(25-19)17-6-5-7-18(24)10-17/h5-10,13H,11-12H2,1-4H3,(H,26,28). The van der Waals surface area contributed by atoms with Gasteiger partial charge in [-0.3, -0.25) is 9.59 Å². The number of nitrogens with one attached hydrogen (secondary N) is 1. The van der Waals surface area contributed by atoms with Gasteiger partial charge in [0.05, 0.1) is 18.7 Å². The molecular formula is C23H24BrN3O2S. The molecule has 30 heavy (non-hydrogen) atoms. The quantitative estimate of drug-likeness (QED) is 0.525. The summed E-state index contributed by atoms with van der Waals surface area (Å²) in [5.41, 5.74) is 5.70. The Morgan fingerprint density at radius 2 is 1.83 bits per heavy atom. The molecule has 0 radical (unpaired) electrons. The van der Waals surface area contributed by atoms with Gasteiger partial charge in [0.2, 0.25) is 11.8 Å². The number of amides is 2. The summed E-state index contributed by atoms with van der Waals surface area (Å²) in [5.74, 6) is -0.359. The summed E-state index contributed by atoms with van der Waals surface area (Å²) in [5, 5.41) is 5.69. The van der Waals surface area contributed by atoms with E-state index < -0.39 is 0 Å². The number of nitrogens with zero attached hydrogens (tertiary/aromatic N) is 2. The van der Waals surface area contributed by atoms with E-state index in [0.29, 0.717) is 5.69 Å². The van der Waals surface area contributed by atoms with Gasteiger partial charge in [0.25, 0.3) is 0 Å². The third-order valence-electron chi connectivity index (χ3n) is 4.70. The van der Waals surface area contributed by atoms with E-state index in [1.165, 1.54) is 16.2 Å². The Balaban J connectivity index is 1.59. The summed E-state index contributed by atoms with van der Waals surface area (Å²) in [4.78, 5) is 31.1. The molecule has 3 aromatic rings. The Morgan fingerprint density at radius 1 is 1.13 bits per heavy atom. The molecule has 0 unspecified atom stereocenters. The number of rotatable bonds is 6. The zero-order valence-electron chi connectivity index (χ0n) is 17.5. The molecule has 0 spiro atoms. The lowest BCUT2D eigenvalue weighted by Gasteiger charge is -2.18. The predicted octanol–water partition coefficient (Wildman–Crippen LogP) is 5.14. The normalized spacial score (nSPS) is 10.7. The van der Waals surface area contributed by atoms with Crippen molar-refractivity contribution in [3.05, 3.63) is 68.6 Å². The number of hydrogen-bond acceptors (Lipinski definition) is 4. The number of thiazole rings is 1. The van der Waals surface area contributed by atoms with Crippen LogP contribution in [0, 0.1) is 20.8 Å². The number of likely N-dealkylation sites (N-methyl/N-ethyl adjacent to an activating group) is 1. The lowest BCUT2D eigenvalue weighted by atomic mass is 10.1. The van der Waals surface area contributed by atoms with E-state index in [9.17, 15) is 9.59 Å². The van der Waals surface area contributed by atoms with Gasteiger partial charge in [-0.05, 0) is 44.0 Å². The van der Waals surface area contributed by atoms with Gasteiger partial charge in [0, 0.05) is 28.2 Å². The van der Waals surface area contributed by atoms with E-state index in [0.717, 1.165) is 37.4 Å². The van der Waals surface area contributed by atoms with Gasteiger partial charge >= 0.3 is 0 Å². The summed E-state index contributed by atoms with van der Waals surface area (Å²) in [6, 6.07) is 12.0. The number of carbonyl (C=O) groups excluding carboxylic acids is 2. The highest BCUT2D eigenvalue weighted by Gasteiger charge is 2.17. The highest BCUT2D eigenvalue weighted by atomic mass is 79.9. The molecule has 0 atom stereocenters. The molecule has 1 N–H and O–H groups in total. The molecule has 0 aliphatic rings. The van der Waals surface area contributed by atoms with Crippen LogP contribution in [0.25, 0.3) is 10.6 Å². The molecule has 156 valence electrons. The fraction of sp³-hybridized carbons (Fsp3) is 0.261. The molecule has 3 rings (SSSR count). The minimum atomic E-state index is -0.214. The van der Waals surface area contributed by atoms with Crippen molar-refractivity contribution in [3.8, 4) is 10.6 Å². The smallest absolute Gasteiger partial charge is 0.243 e. The van der Waals surface area contributed by atoms with Gasteiger partial charge in [-0.1, -0.05) is 45.8 Å². The van der Waals surface area contributed by atoms with E-state index in [1.807, 2.05) is 62.5 Å². The number of carbonyl (C=O) groups is 2. The van der Waals surface area contributed by atoms with Crippen LogP contribution in [0.15, 0.2) is 46.3 Å². The van der Waals surface area contributed by atoms with E-state index in [-0.39, 0.29) is 24.8 Å². The molecule has 1 aromatic heterocycles. The molecule has 0 saturated carbocycles. The fourth-order valence-electron chi connectivity index (χ4n) is 3.29. The number of benzene rings is 2. The summed E-state index contributed by atoms with van der Waals surface area (Å²) < 4.78 is 0.984. The summed E-state index contributed by atoms with van der Waals surface area (Å²) in [6.45, 7) is 5.96. The molecule has 0 bridgehead atoms. The first-order chi connectivity index (χ1) is 14.2. The highest BCUT2D eigenvalue weighted by molar-refractivity contribution is 9.10. The SMILES string of the molecule is Cc1cc(C)c(NC(=O)CN(C)C(=O)Cc2csc(-c3cccc(Br)c3)n2)c(C)c1. The monoisotopic (exact) mass is 485 g/mol. The van der Waals surface area contributed by atoms with Crippen LogP contribution in [0.4, 0.5) is 5.69 Å². The molecule has 0 aliphatic carbocycles. The maximum Gasteiger partial charge on any atom is 0.243 e. The van der Waals surface area contributed by atoms with Crippen molar-refractivity contribution in [1.82, 2.24) is 9.88 Å². The lowest BCUT2D eigenvalue weighted by molar-refractivity contribution is -0.132. The van der Waals surface area contributed by atoms with Crippen molar-refractivity contribution in [3.63, 3.8) is 0 Å². The van der Waals surface area contributed by atoms with Crippen molar-refractivity contribution in [2.24, 2.45) is 0 Å². The first-order valence-electron chi connectivity index (χ1n) is 9.55. The molecule has 0 aliphatic heterocycles. The summed E-state index contributed by atoms with van der Waals surface area (Å²) in [7, 11) is 1.64. The minimum absolute atomic E-state index is 0.00574. The minimum Gasteiger partial charge on any atom is -0.336 e. The van der Waals surface area contributed by atoms with Gasteiger partial charge in [0.15, 0.2) is 0 Å². The topological polar surface area (TPSA) is 62.3 Å². The van der Waals surface area contributed by atoms with E-state index >= 15 is 0 Å². The molecule has 0 saturated heterocycles. The van der Waals surface area contributed by atoms with Crippen molar-refractivity contribution in [2.75, 3.05) is 18.9 Å². The van der Waals surface area contributed by atoms with Gasteiger partial charge < -0.3 is 10.2 Å². The zero-order chi connectivity index (χ0) is 21.8. The third-order valence-corrected chi connectivity index (χ3v) is 6.14. The Morgan fingerprint density at radius 3 is 2.50 bits per heavy atom. The Kier molecular flexibility index (Phi) is 7.05. The van der Waals surface area contributed by atoms with Crippen LogP contribution in [0.3, 0.4) is 0 Å². The number of anilines is 1. The van der Waals surface area contributed by atoms with Gasteiger partial charge in [-0.25, -0.2) is 4.98 Å². The molecule has 1 heterocycles. The van der Waals surface area contributed by atoms with Crippen LogP contribution in [0.5, 0.6) is 0 Å². The van der Waals surface area contributed by atoms with E-state index in [4.69, 9.17) is 0 Å². The van der Waals surface area contributed by atoms with Gasteiger partial charge in [-0.15, -0.1) is 11.3 Å². The molecule has 2 amide bonds. The maximum atomic E-state index is 12.6. The maximum absolute atomic E-state index is 12.6. The van der Waals surface area contributed by atoms with Crippen LogP contribution in [-0.4, -0.2) is 35.3 Å². The van der Waals surface area contributed by atoms with Crippen molar-refractivity contribution >= 4 is 44.8 Å². The molecule has 0 fully saturated rings. The average molecular weight is 486 g/mol. The Hall–Kier alpha value is -2.51. The van der Waals surface area contributed by atoms with Gasteiger partial charge in [0.1, 0.15) is 5.01 Å². The average Bonchev–Trinajstić information content (AvgIpc) is 3.13. The van der Waals surface area contributed by atoms with E-state index in [2.05, 4.69) is 26.2 Å². The summed E-state index contributed by atoms with van der Waals surface area (Å²) in [6.07, 6.45) is 0.164. The first-order valence-corrected chi connectivity index (χ1v) is 11.2. The molecular weight excluding hydrogens is 462 g/mol. The largest absolute Gasteiger partial charge is 0.336 e. The second kappa shape index (κ2) is 9.53. The number of halogens is 1. The van der Waals surface area contributed by atoms with Crippen LogP contribution < -0.4 is 5.32 Å². The second-order valence-corrected chi connectivity index (χ2v) is 9.18. The molecule has 2 aromatic carbocycles. The number of hydrogen-bond donors (Lipinski definition) is 1. The Bertz CT molecular complexity index is 1070. The molecule has 5 nitrogen and oxygen atoms in total. The molecule has 7 heteroatoms. The van der Waals surface area contributed by atoms with Crippen LogP contribution >= 0.6 is 27.3 Å². The van der Waals surface area contributed by atoms with Crippen molar-refractivity contribution in [2.45, 2.75) is 27.2 Å². The highest BCUT2D eigenvalue weighted by Crippen LogP contribution is 2.26. The third kappa shape index (κ3) is 5.55. The lowest BCUT2D eigenvalue weighted by Crippen LogP contribution is -2.36. The number of aryl methyl sites for hydroxylation is 3. The van der Waals surface area contributed by atoms with Crippen LogP contribution in [0.2, 0.25) is 0 Å². The van der Waals surface area contributed by atoms with E-state index in [1.54, 1.807) is 7.05 Å². The Labute approximate surface area is 189 Å². The van der Waals surface area contributed by atoms with Gasteiger partial charge in [-0.2, -0.15) is 0 Å². The summed E-state index contributed by atoms with van der Waals surface area (Å²) >= 11 is 4.97. The second-order valence-electron chi connectivity index (χ2n) is 7.40. The number of aromatic nitrogens is 1. The van der Waals surface area contributed by atoms with Crippen LogP contribution in [0.1, 0.15) is 22.4 Å². The van der Waals surface area contributed by atoms with Crippen molar-refractivity contribution in [1.29, 1.82) is 0 Å². The fourth-order valence-corrected chi connectivity index (χ4v) is 4.51. The first kappa shape index (κ1) is 22.2. The van der Waals surface area contributed by atoms with Crippen LogP contribution in [-0.2, 0) is 16.0 Å². The predicted molar refractivity (Wildman–Crippen MR) is 126 cm³/mol. The zero-order valence-corrected chi connectivity index (χ0v) is 19.9. The van der Waals surface area contributed by atoms with Crippen molar-refractivity contribution < 1.29 is 9.59 Å².